The van der Waals surface area contributed by atoms with Gasteiger partial charge in [0.05, 0.1) is 5.92 Å². The van der Waals surface area contributed by atoms with Crippen molar-refractivity contribution in [1.29, 1.82) is 0 Å². The number of carbonyl (C=O) groups excluding carboxylic acids is 2. The molecule has 1 saturated heterocycles. The molecule has 1 atom stereocenters. The molecule has 112 valence electrons. The largest absolute Gasteiger partial charge is 0.352 e. The third-order valence-corrected chi connectivity index (χ3v) is 3.38. The van der Waals surface area contributed by atoms with Crippen LogP contribution in [0.4, 0.5) is 0 Å². The second-order valence-electron chi connectivity index (χ2n) is 5.37. The molecule has 1 rings (SSSR count). The number of hydrogen-bond acceptors (Lipinski definition) is 3. The van der Waals surface area contributed by atoms with Gasteiger partial charge in [-0.05, 0) is 46.6 Å². The molecular formula is C15H25N3O2. The lowest BCUT2D eigenvalue weighted by Crippen LogP contribution is -2.28. The van der Waals surface area contributed by atoms with Gasteiger partial charge in [-0.25, -0.2) is 0 Å². The van der Waals surface area contributed by atoms with Gasteiger partial charge in [-0.15, -0.1) is 0 Å². The quantitative estimate of drug-likeness (QED) is 0.558. The van der Waals surface area contributed by atoms with Gasteiger partial charge in [0.15, 0.2) is 0 Å². The fraction of sp³-hybridized carbons (Fsp3) is 0.600. The van der Waals surface area contributed by atoms with E-state index in [1.807, 2.05) is 14.1 Å². The molecule has 1 heterocycles. The fourth-order valence-corrected chi connectivity index (χ4v) is 2.17. The molecule has 1 N–H and O–H groups in total. The van der Waals surface area contributed by atoms with E-state index in [-0.39, 0.29) is 17.7 Å². The van der Waals surface area contributed by atoms with Crippen LogP contribution in [0.1, 0.15) is 19.8 Å². The summed E-state index contributed by atoms with van der Waals surface area (Å²) in [6.45, 7) is 7.64. The van der Waals surface area contributed by atoms with Gasteiger partial charge in [-0.3, -0.25) is 9.59 Å². The minimum atomic E-state index is -0.194. The summed E-state index contributed by atoms with van der Waals surface area (Å²) in [4.78, 5) is 27.5. The van der Waals surface area contributed by atoms with Crippen LogP contribution in [0.3, 0.4) is 0 Å². The number of rotatable bonds is 7. The zero-order valence-corrected chi connectivity index (χ0v) is 12.7. The summed E-state index contributed by atoms with van der Waals surface area (Å²) in [6, 6.07) is 0. The van der Waals surface area contributed by atoms with Crippen molar-refractivity contribution in [3.63, 3.8) is 0 Å². The van der Waals surface area contributed by atoms with Gasteiger partial charge >= 0.3 is 0 Å². The van der Waals surface area contributed by atoms with Crippen LogP contribution in [0.2, 0.25) is 0 Å². The van der Waals surface area contributed by atoms with Crippen molar-refractivity contribution in [2.75, 3.05) is 33.7 Å². The van der Waals surface area contributed by atoms with Crippen molar-refractivity contribution < 1.29 is 9.59 Å². The zero-order valence-electron chi connectivity index (χ0n) is 12.7. The lowest BCUT2D eigenvalue weighted by molar-refractivity contribution is -0.127. The van der Waals surface area contributed by atoms with Crippen molar-refractivity contribution >= 4 is 11.8 Å². The molecule has 1 aliphatic rings. The predicted molar refractivity (Wildman–Crippen MR) is 80.0 cm³/mol. The first-order valence-corrected chi connectivity index (χ1v) is 7.00. The van der Waals surface area contributed by atoms with Gasteiger partial charge in [0.25, 0.3) is 0 Å². The summed E-state index contributed by atoms with van der Waals surface area (Å²) in [5.74, 6) is -0.256. The fourth-order valence-electron chi connectivity index (χ4n) is 2.17. The molecule has 5 nitrogen and oxygen atoms in total. The van der Waals surface area contributed by atoms with Crippen LogP contribution in [0.5, 0.6) is 0 Å². The van der Waals surface area contributed by atoms with Crippen LogP contribution >= 0.6 is 0 Å². The standard InChI is InChI=1S/C15H25N3O2/c1-5-18-10-7-13(15(18)20)11-12(2)14(19)16-8-6-9-17(3)4/h5,11,13H,1,6-10H2,2-4H3,(H,16,19). The summed E-state index contributed by atoms with van der Waals surface area (Å²) >= 11 is 0. The van der Waals surface area contributed by atoms with E-state index >= 15 is 0 Å². The lowest BCUT2D eigenvalue weighted by Gasteiger charge is -2.11. The van der Waals surface area contributed by atoms with Crippen molar-refractivity contribution in [2.24, 2.45) is 5.92 Å². The monoisotopic (exact) mass is 279 g/mol. The Morgan fingerprint density at radius 1 is 1.55 bits per heavy atom. The Morgan fingerprint density at radius 2 is 2.25 bits per heavy atom. The molecule has 2 amide bonds. The third-order valence-electron chi connectivity index (χ3n) is 3.38. The maximum Gasteiger partial charge on any atom is 0.246 e. The number of likely N-dealkylation sites (tertiary alicyclic amines) is 1. The first kappa shape index (κ1) is 16.4. The maximum absolute atomic E-state index is 11.9. The van der Waals surface area contributed by atoms with E-state index in [9.17, 15) is 9.59 Å². The molecule has 5 heteroatoms. The van der Waals surface area contributed by atoms with Crippen LogP contribution in [0.15, 0.2) is 24.4 Å². The molecule has 0 spiro atoms. The molecule has 0 aliphatic carbocycles. The third kappa shape index (κ3) is 4.81. The smallest absolute Gasteiger partial charge is 0.246 e. The number of carbonyl (C=O) groups is 2. The van der Waals surface area contributed by atoms with E-state index in [4.69, 9.17) is 0 Å². The van der Waals surface area contributed by atoms with Crippen LogP contribution in [-0.4, -0.2) is 55.3 Å². The molecule has 0 aromatic rings. The van der Waals surface area contributed by atoms with Crippen molar-refractivity contribution in [1.82, 2.24) is 15.1 Å². The van der Waals surface area contributed by atoms with Crippen LogP contribution in [0, 0.1) is 5.92 Å². The molecule has 0 saturated carbocycles. The predicted octanol–water partition coefficient (Wildman–Crippen LogP) is 0.993. The molecule has 1 aliphatic heterocycles. The van der Waals surface area contributed by atoms with E-state index in [0.29, 0.717) is 18.7 Å². The molecule has 0 aromatic heterocycles. The Hall–Kier alpha value is -1.62. The SMILES string of the molecule is C=CN1CCC(C=C(C)C(=O)NCCCN(C)C)C1=O. The van der Waals surface area contributed by atoms with Gasteiger partial charge in [0.2, 0.25) is 11.8 Å². The summed E-state index contributed by atoms with van der Waals surface area (Å²) < 4.78 is 0. The Morgan fingerprint density at radius 3 is 2.80 bits per heavy atom. The highest BCUT2D eigenvalue weighted by atomic mass is 16.2. The van der Waals surface area contributed by atoms with Gasteiger partial charge in [-0.2, -0.15) is 0 Å². The Kier molecular flexibility index (Phi) is 6.45. The normalized spacial score (nSPS) is 19.6. The van der Waals surface area contributed by atoms with Gasteiger partial charge < -0.3 is 15.1 Å². The van der Waals surface area contributed by atoms with Crippen molar-refractivity contribution in [2.45, 2.75) is 19.8 Å². The summed E-state index contributed by atoms with van der Waals surface area (Å²) in [5, 5.41) is 2.87. The van der Waals surface area contributed by atoms with Crippen molar-refractivity contribution in [3.05, 3.63) is 24.4 Å². The first-order chi connectivity index (χ1) is 9.45. The lowest BCUT2D eigenvalue weighted by atomic mass is 10.0. The van der Waals surface area contributed by atoms with Gasteiger partial charge in [0.1, 0.15) is 0 Å². The Labute approximate surface area is 121 Å². The molecular weight excluding hydrogens is 254 g/mol. The summed E-state index contributed by atoms with van der Waals surface area (Å²) in [5.41, 5.74) is 0.610. The molecule has 0 radical (unpaired) electrons. The number of amides is 2. The van der Waals surface area contributed by atoms with Crippen LogP contribution < -0.4 is 5.32 Å². The first-order valence-electron chi connectivity index (χ1n) is 7.00. The highest BCUT2D eigenvalue weighted by Crippen LogP contribution is 2.20. The van der Waals surface area contributed by atoms with Crippen molar-refractivity contribution in [3.8, 4) is 0 Å². The summed E-state index contributed by atoms with van der Waals surface area (Å²) in [6.07, 6.45) is 4.98. The molecule has 0 bridgehead atoms. The molecule has 20 heavy (non-hydrogen) atoms. The van der Waals surface area contributed by atoms with Crippen LogP contribution in [0.25, 0.3) is 0 Å². The Balaban J connectivity index is 2.42. The minimum absolute atomic E-state index is 0.0276. The van der Waals surface area contributed by atoms with E-state index < -0.39 is 0 Å². The molecule has 1 unspecified atom stereocenters. The highest BCUT2D eigenvalue weighted by Gasteiger charge is 2.28. The van der Waals surface area contributed by atoms with Gasteiger partial charge in [-0.1, -0.05) is 12.7 Å². The van der Waals surface area contributed by atoms with E-state index in [2.05, 4.69) is 16.8 Å². The highest BCUT2D eigenvalue weighted by molar-refractivity contribution is 5.94. The minimum Gasteiger partial charge on any atom is -0.352 e. The van der Waals surface area contributed by atoms with Crippen LogP contribution in [-0.2, 0) is 9.59 Å². The molecule has 1 fully saturated rings. The average molecular weight is 279 g/mol. The second kappa shape index (κ2) is 7.85. The number of nitrogens with one attached hydrogen (secondary N) is 1. The second-order valence-corrected chi connectivity index (χ2v) is 5.37. The molecule has 0 aromatic carbocycles. The number of hydrogen-bond donors (Lipinski definition) is 1. The van der Waals surface area contributed by atoms with E-state index in [1.54, 1.807) is 24.1 Å². The van der Waals surface area contributed by atoms with E-state index in [1.165, 1.54) is 0 Å². The van der Waals surface area contributed by atoms with Gasteiger partial charge in [0, 0.05) is 18.7 Å². The topological polar surface area (TPSA) is 52.7 Å². The van der Waals surface area contributed by atoms with E-state index in [0.717, 1.165) is 19.4 Å². The zero-order chi connectivity index (χ0) is 15.1. The maximum atomic E-state index is 11.9. The Bertz CT molecular complexity index is 402. The average Bonchev–Trinajstić information content (AvgIpc) is 2.75. The number of nitrogens with zero attached hydrogens (tertiary/aromatic N) is 2. The summed E-state index contributed by atoms with van der Waals surface area (Å²) in [7, 11) is 4.01.